The van der Waals surface area contributed by atoms with E-state index in [-0.39, 0.29) is 17.3 Å². The maximum absolute atomic E-state index is 14.2. The molecule has 19 heavy (non-hydrogen) atoms. The number of hydrogen-bond donors (Lipinski definition) is 0. The highest BCUT2D eigenvalue weighted by Gasteiger charge is 2.43. The Kier molecular flexibility index (Phi) is 3.08. The normalized spacial score (nSPS) is 18.5. The molecule has 1 aromatic rings. The van der Waals surface area contributed by atoms with Crippen molar-refractivity contribution < 1.29 is 8.78 Å². The second-order valence-electron chi connectivity index (χ2n) is 7.76. The average molecular weight is 266 g/mol. The van der Waals surface area contributed by atoms with Crippen molar-refractivity contribution in [1.82, 2.24) is 0 Å². The van der Waals surface area contributed by atoms with Crippen LogP contribution in [0.25, 0.3) is 0 Å². The molecule has 1 aliphatic carbocycles. The van der Waals surface area contributed by atoms with E-state index in [0.29, 0.717) is 12.0 Å². The summed E-state index contributed by atoms with van der Waals surface area (Å²) < 4.78 is 28.3. The van der Waals surface area contributed by atoms with Crippen LogP contribution in [0.4, 0.5) is 8.78 Å². The lowest BCUT2D eigenvalue weighted by molar-refractivity contribution is -0.00338. The Balaban J connectivity index is 2.73. The molecule has 0 radical (unpaired) electrons. The first-order valence-corrected chi connectivity index (χ1v) is 6.99. The van der Waals surface area contributed by atoms with Gasteiger partial charge in [0.2, 0.25) is 0 Å². The molecule has 0 aromatic heterocycles. The van der Waals surface area contributed by atoms with Crippen LogP contribution < -0.4 is 0 Å². The van der Waals surface area contributed by atoms with Gasteiger partial charge in [-0.25, -0.2) is 8.78 Å². The number of fused-ring (bicyclic) bond motifs is 1. The monoisotopic (exact) mass is 266 g/mol. The Bertz CT molecular complexity index is 499. The number of rotatable bonds is 0. The molecule has 0 atom stereocenters. The molecule has 1 aromatic carbocycles. The highest BCUT2D eigenvalue weighted by Crippen LogP contribution is 2.47. The van der Waals surface area contributed by atoms with Crippen LogP contribution in [-0.2, 0) is 23.2 Å². The summed E-state index contributed by atoms with van der Waals surface area (Å²) in [7, 11) is 0. The van der Waals surface area contributed by atoms with Gasteiger partial charge in [-0.15, -0.1) is 0 Å². The van der Waals surface area contributed by atoms with Crippen LogP contribution in [0.3, 0.4) is 0 Å². The van der Waals surface area contributed by atoms with Crippen LogP contribution in [0.5, 0.6) is 0 Å². The van der Waals surface area contributed by atoms with Crippen LogP contribution in [0.1, 0.15) is 70.2 Å². The predicted octanol–water partition coefficient (Wildman–Crippen LogP) is 5.32. The third-order valence-electron chi connectivity index (χ3n) is 3.97. The lowest BCUT2D eigenvalue weighted by atomic mass is 9.77. The summed E-state index contributed by atoms with van der Waals surface area (Å²) in [5.41, 5.74) is 2.87. The van der Waals surface area contributed by atoms with Crippen molar-refractivity contribution in [1.29, 1.82) is 0 Å². The lowest BCUT2D eigenvalue weighted by Crippen LogP contribution is -2.22. The molecule has 2 rings (SSSR count). The fourth-order valence-electron chi connectivity index (χ4n) is 2.77. The molecule has 0 amide bonds. The topological polar surface area (TPSA) is 0 Å². The molecule has 0 fully saturated rings. The summed E-state index contributed by atoms with van der Waals surface area (Å²) in [5.74, 6) is -2.66. The van der Waals surface area contributed by atoms with Crippen molar-refractivity contribution in [2.45, 2.75) is 71.1 Å². The third kappa shape index (κ3) is 2.54. The van der Waals surface area contributed by atoms with Crippen molar-refractivity contribution in [3.63, 3.8) is 0 Å². The van der Waals surface area contributed by atoms with Gasteiger partial charge in [-0.1, -0.05) is 53.7 Å². The first-order chi connectivity index (χ1) is 8.43. The van der Waals surface area contributed by atoms with Crippen molar-refractivity contribution in [3.05, 3.63) is 34.4 Å². The number of hydrogen-bond acceptors (Lipinski definition) is 0. The van der Waals surface area contributed by atoms with Crippen LogP contribution in [-0.4, -0.2) is 0 Å². The molecular weight excluding hydrogens is 242 g/mol. The van der Waals surface area contributed by atoms with Gasteiger partial charge in [-0.2, -0.15) is 0 Å². The first-order valence-electron chi connectivity index (χ1n) is 6.99. The molecule has 2 heteroatoms. The van der Waals surface area contributed by atoms with E-state index < -0.39 is 5.92 Å². The molecule has 0 unspecified atom stereocenters. The minimum Gasteiger partial charge on any atom is -0.201 e. The SMILES string of the molecule is CC(C)(C)c1cc2c(c(C(C)(C)C)c1)C(F)(F)CC2. The number of benzene rings is 1. The quantitative estimate of drug-likeness (QED) is 0.596. The number of aryl methyl sites for hydroxylation is 1. The molecule has 0 spiro atoms. The second kappa shape index (κ2) is 4.04. The highest BCUT2D eigenvalue weighted by atomic mass is 19.3. The molecule has 0 saturated heterocycles. The van der Waals surface area contributed by atoms with Gasteiger partial charge in [0.1, 0.15) is 0 Å². The molecule has 0 saturated carbocycles. The smallest absolute Gasteiger partial charge is 0.201 e. The predicted molar refractivity (Wildman–Crippen MR) is 76.1 cm³/mol. The summed E-state index contributed by atoms with van der Waals surface area (Å²) in [6.45, 7) is 12.5. The van der Waals surface area contributed by atoms with E-state index in [1.54, 1.807) is 0 Å². The molecule has 0 nitrogen and oxygen atoms in total. The number of alkyl halides is 2. The molecule has 0 heterocycles. The maximum Gasteiger partial charge on any atom is 0.274 e. The van der Waals surface area contributed by atoms with E-state index in [1.165, 1.54) is 0 Å². The lowest BCUT2D eigenvalue weighted by Gasteiger charge is -2.29. The molecule has 0 bridgehead atoms. The van der Waals surface area contributed by atoms with Gasteiger partial charge in [-0.05, 0) is 33.9 Å². The fraction of sp³-hybridized carbons (Fsp3) is 0.647. The fourth-order valence-corrected chi connectivity index (χ4v) is 2.77. The number of halogens is 2. The Labute approximate surface area is 115 Å². The summed E-state index contributed by atoms with van der Waals surface area (Å²) in [5, 5.41) is 0. The maximum atomic E-state index is 14.2. The highest BCUT2D eigenvalue weighted by molar-refractivity contribution is 5.49. The van der Waals surface area contributed by atoms with Crippen molar-refractivity contribution in [2.24, 2.45) is 0 Å². The van der Waals surface area contributed by atoms with Crippen LogP contribution in [0, 0.1) is 0 Å². The largest absolute Gasteiger partial charge is 0.274 e. The van der Waals surface area contributed by atoms with E-state index in [1.807, 2.05) is 32.9 Å². The van der Waals surface area contributed by atoms with Crippen molar-refractivity contribution >= 4 is 0 Å². The van der Waals surface area contributed by atoms with Gasteiger partial charge in [0.15, 0.2) is 0 Å². The van der Waals surface area contributed by atoms with E-state index >= 15 is 0 Å². The van der Waals surface area contributed by atoms with E-state index in [9.17, 15) is 8.78 Å². The van der Waals surface area contributed by atoms with E-state index in [2.05, 4.69) is 20.8 Å². The zero-order valence-corrected chi connectivity index (χ0v) is 12.8. The molecule has 0 N–H and O–H groups in total. The molecule has 0 aliphatic heterocycles. The Morgan fingerprint density at radius 2 is 1.53 bits per heavy atom. The molecule has 1 aliphatic rings. The Morgan fingerprint density at radius 1 is 0.947 bits per heavy atom. The van der Waals surface area contributed by atoms with E-state index in [0.717, 1.165) is 16.7 Å². The summed E-state index contributed by atoms with van der Waals surface area (Å²) in [4.78, 5) is 0. The molecule has 106 valence electrons. The van der Waals surface area contributed by atoms with Crippen molar-refractivity contribution in [2.75, 3.05) is 0 Å². The minimum absolute atomic E-state index is 0.00704. The summed E-state index contributed by atoms with van der Waals surface area (Å²) >= 11 is 0. The zero-order chi connectivity index (χ0) is 14.6. The minimum atomic E-state index is -2.66. The van der Waals surface area contributed by atoms with Gasteiger partial charge in [0, 0.05) is 12.0 Å². The van der Waals surface area contributed by atoms with Gasteiger partial charge in [-0.3, -0.25) is 0 Å². The Morgan fingerprint density at radius 3 is 2.00 bits per heavy atom. The third-order valence-corrected chi connectivity index (χ3v) is 3.97. The van der Waals surface area contributed by atoms with Crippen molar-refractivity contribution in [3.8, 4) is 0 Å². The molecular formula is C17H24F2. The second-order valence-corrected chi connectivity index (χ2v) is 7.76. The van der Waals surface area contributed by atoms with Gasteiger partial charge < -0.3 is 0 Å². The Hall–Kier alpha value is -0.920. The summed E-state index contributed by atoms with van der Waals surface area (Å²) in [6, 6.07) is 3.99. The average Bonchev–Trinajstić information content (AvgIpc) is 2.51. The van der Waals surface area contributed by atoms with Crippen LogP contribution >= 0.6 is 0 Å². The first kappa shape index (κ1) is 14.5. The van der Waals surface area contributed by atoms with Gasteiger partial charge in [0.05, 0.1) is 0 Å². The van der Waals surface area contributed by atoms with Crippen LogP contribution in [0.2, 0.25) is 0 Å². The van der Waals surface area contributed by atoms with Gasteiger partial charge >= 0.3 is 0 Å². The van der Waals surface area contributed by atoms with E-state index in [4.69, 9.17) is 0 Å². The van der Waals surface area contributed by atoms with Crippen LogP contribution in [0.15, 0.2) is 12.1 Å². The standard InChI is InChI=1S/C17H24F2/c1-15(2,3)12-9-11-7-8-17(18,19)14(11)13(10-12)16(4,5)6/h9-10H,7-8H2,1-6H3. The van der Waals surface area contributed by atoms with Gasteiger partial charge in [0.25, 0.3) is 5.92 Å². The zero-order valence-electron chi connectivity index (χ0n) is 12.8. The summed E-state index contributed by atoms with van der Waals surface area (Å²) in [6.07, 6.45) is 0.453.